The van der Waals surface area contributed by atoms with Gasteiger partial charge in [-0.3, -0.25) is 14.9 Å². The van der Waals surface area contributed by atoms with E-state index < -0.39 is 27.9 Å². The van der Waals surface area contributed by atoms with Gasteiger partial charge < -0.3 is 9.84 Å². The van der Waals surface area contributed by atoms with Gasteiger partial charge in [-0.1, -0.05) is 0 Å². The van der Waals surface area contributed by atoms with Crippen LogP contribution in [0.25, 0.3) is 0 Å². The molecule has 1 N–H and O–H groups in total. The largest absolute Gasteiger partial charge is 0.497 e. The molecule has 0 unspecified atom stereocenters. The highest BCUT2D eigenvalue weighted by Crippen LogP contribution is 2.24. The summed E-state index contributed by atoms with van der Waals surface area (Å²) < 4.78 is 4.74. The number of nitro benzene ring substituents is 1. The molecule has 1 aromatic carbocycles. The number of ether oxygens (including phenoxy) is 1. The second-order valence-corrected chi connectivity index (χ2v) is 2.77. The Kier molecular flexibility index (Phi) is 3.19. The van der Waals surface area contributed by atoms with E-state index in [2.05, 4.69) is 0 Å². The zero-order chi connectivity index (χ0) is 12.3. The maximum atomic E-state index is 11.1. The van der Waals surface area contributed by atoms with Crippen molar-refractivity contribution in [3.8, 4) is 5.75 Å². The maximum Gasteiger partial charge on any atom is 0.377 e. The van der Waals surface area contributed by atoms with Crippen molar-refractivity contribution in [3.05, 3.63) is 33.9 Å². The molecule has 0 bridgehead atoms. The number of aliphatic carboxylic acids is 1. The Morgan fingerprint density at radius 3 is 2.50 bits per heavy atom. The average molecular weight is 225 g/mol. The number of hydrogen-bond donors (Lipinski definition) is 1. The number of carboxylic acid groups (broad SMARTS) is 1. The van der Waals surface area contributed by atoms with Crippen molar-refractivity contribution in [3.63, 3.8) is 0 Å². The van der Waals surface area contributed by atoms with Gasteiger partial charge in [-0.25, -0.2) is 4.79 Å². The minimum absolute atomic E-state index is 0.175. The number of carbonyl (C=O) groups excluding carboxylic acids is 1. The van der Waals surface area contributed by atoms with E-state index in [-0.39, 0.29) is 5.75 Å². The van der Waals surface area contributed by atoms with Crippen LogP contribution in [0.5, 0.6) is 5.75 Å². The van der Waals surface area contributed by atoms with Gasteiger partial charge in [0.05, 0.1) is 18.1 Å². The van der Waals surface area contributed by atoms with E-state index in [0.29, 0.717) is 0 Å². The number of nitro groups is 1. The monoisotopic (exact) mass is 225 g/mol. The van der Waals surface area contributed by atoms with Crippen LogP contribution in [0.3, 0.4) is 0 Å². The van der Waals surface area contributed by atoms with Crippen molar-refractivity contribution >= 4 is 17.4 Å². The van der Waals surface area contributed by atoms with Crippen LogP contribution >= 0.6 is 0 Å². The quantitative estimate of drug-likeness (QED) is 0.352. The maximum absolute atomic E-state index is 11.1. The second-order valence-electron chi connectivity index (χ2n) is 2.77. The number of rotatable bonds is 4. The van der Waals surface area contributed by atoms with Crippen molar-refractivity contribution in [2.45, 2.75) is 0 Å². The van der Waals surface area contributed by atoms with Gasteiger partial charge in [0.15, 0.2) is 0 Å². The number of benzene rings is 1. The molecule has 1 aromatic rings. The summed E-state index contributed by atoms with van der Waals surface area (Å²) in [6.07, 6.45) is 0. The van der Waals surface area contributed by atoms with Crippen molar-refractivity contribution in [1.82, 2.24) is 0 Å². The molecule has 7 heteroatoms. The lowest BCUT2D eigenvalue weighted by atomic mass is 10.1. The van der Waals surface area contributed by atoms with Crippen LogP contribution in [-0.4, -0.2) is 28.9 Å². The number of carboxylic acids is 1. The van der Waals surface area contributed by atoms with Crippen molar-refractivity contribution < 1.29 is 24.4 Å². The summed E-state index contributed by atoms with van der Waals surface area (Å²) in [6.45, 7) is 0. The Balaban J connectivity index is 3.34. The molecule has 1 rings (SSSR count). The lowest BCUT2D eigenvalue weighted by molar-refractivity contribution is -0.385. The minimum Gasteiger partial charge on any atom is -0.497 e. The van der Waals surface area contributed by atoms with E-state index >= 15 is 0 Å². The minimum atomic E-state index is -1.74. The van der Waals surface area contributed by atoms with Crippen LogP contribution < -0.4 is 4.74 Å². The molecular formula is C9H7NO6. The zero-order valence-corrected chi connectivity index (χ0v) is 8.17. The first-order valence-electron chi connectivity index (χ1n) is 4.07. The number of nitrogens with zero attached hydrogens (tertiary/aromatic N) is 1. The normalized spacial score (nSPS) is 9.56. The number of Topliss-reactive ketones (excluding diaryl/α,β-unsaturated/α-hetero) is 1. The third kappa shape index (κ3) is 2.14. The van der Waals surface area contributed by atoms with Crippen LogP contribution in [-0.2, 0) is 4.79 Å². The summed E-state index contributed by atoms with van der Waals surface area (Å²) in [7, 11) is 1.30. The number of carbonyl (C=O) groups is 2. The fourth-order valence-electron chi connectivity index (χ4n) is 1.10. The van der Waals surface area contributed by atoms with Gasteiger partial charge in [-0.15, -0.1) is 0 Å². The molecule has 0 aromatic heterocycles. The van der Waals surface area contributed by atoms with E-state index in [1.165, 1.54) is 13.2 Å². The van der Waals surface area contributed by atoms with Gasteiger partial charge in [-0.05, 0) is 12.1 Å². The van der Waals surface area contributed by atoms with Gasteiger partial charge >= 0.3 is 5.97 Å². The first-order chi connectivity index (χ1) is 7.47. The predicted octanol–water partition coefficient (Wildman–Crippen LogP) is 0.871. The highest BCUT2D eigenvalue weighted by Gasteiger charge is 2.25. The van der Waals surface area contributed by atoms with Crippen molar-refractivity contribution in [2.24, 2.45) is 0 Å². The van der Waals surface area contributed by atoms with E-state index in [9.17, 15) is 19.7 Å². The molecule has 16 heavy (non-hydrogen) atoms. The molecular weight excluding hydrogens is 218 g/mol. The van der Waals surface area contributed by atoms with Gasteiger partial charge in [0.2, 0.25) is 0 Å². The van der Waals surface area contributed by atoms with Crippen LogP contribution in [0.15, 0.2) is 18.2 Å². The summed E-state index contributed by atoms with van der Waals surface area (Å²) in [5, 5.41) is 19.1. The smallest absolute Gasteiger partial charge is 0.377 e. The van der Waals surface area contributed by atoms with Crippen LogP contribution in [0.1, 0.15) is 10.4 Å². The fraction of sp³-hybridized carbons (Fsp3) is 0.111. The Morgan fingerprint density at radius 2 is 2.06 bits per heavy atom. The zero-order valence-electron chi connectivity index (χ0n) is 8.17. The van der Waals surface area contributed by atoms with Crippen LogP contribution in [0.4, 0.5) is 5.69 Å². The van der Waals surface area contributed by atoms with E-state index in [4.69, 9.17) is 9.84 Å². The van der Waals surface area contributed by atoms with Crippen molar-refractivity contribution in [2.75, 3.05) is 7.11 Å². The lowest BCUT2D eigenvalue weighted by Crippen LogP contribution is -2.14. The molecule has 0 atom stereocenters. The Labute approximate surface area is 89.4 Å². The van der Waals surface area contributed by atoms with Gasteiger partial charge in [0.1, 0.15) is 11.3 Å². The third-order valence-electron chi connectivity index (χ3n) is 1.84. The van der Waals surface area contributed by atoms with Gasteiger partial charge in [0, 0.05) is 0 Å². The molecule has 0 saturated heterocycles. The molecule has 0 radical (unpaired) electrons. The summed E-state index contributed by atoms with van der Waals surface area (Å²) in [5.74, 6) is -2.89. The van der Waals surface area contributed by atoms with E-state index in [0.717, 1.165) is 12.1 Å². The molecule has 0 fully saturated rings. The molecule has 0 saturated carbocycles. The van der Waals surface area contributed by atoms with Gasteiger partial charge in [0.25, 0.3) is 11.5 Å². The second kappa shape index (κ2) is 4.39. The summed E-state index contributed by atoms with van der Waals surface area (Å²) in [4.78, 5) is 31.3. The molecule has 84 valence electrons. The first kappa shape index (κ1) is 11.6. The van der Waals surface area contributed by atoms with E-state index in [1.54, 1.807) is 0 Å². The lowest BCUT2D eigenvalue weighted by Gasteiger charge is -2.02. The van der Waals surface area contributed by atoms with Crippen molar-refractivity contribution in [1.29, 1.82) is 0 Å². The molecule has 0 aliphatic rings. The molecule has 0 amide bonds. The summed E-state index contributed by atoms with van der Waals surface area (Å²) >= 11 is 0. The number of ketones is 1. The Bertz CT molecular complexity index is 467. The Hall–Kier alpha value is -2.44. The summed E-state index contributed by atoms with van der Waals surface area (Å²) in [6, 6.07) is 3.33. The highest BCUT2D eigenvalue weighted by molar-refractivity contribution is 6.40. The number of hydrogen-bond acceptors (Lipinski definition) is 5. The highest BCUT2D eigenvalue weighted by atomic mass is 16.6. The molecule has 0 aliphatic heterocycles. The molecule has 0 heterocycles. The van der Waals surface area contributed by atoms with E-state index in [1.807, 2.05) is 0 Å². The molecule has 0 aliphatic carbocycles. The third-order valence-corrected chi connectivity index (χ3v) is 1.84. The average Bonchev–Trinajstić information content (AvgIpc) is 2.26. The summed E-state index contributed by atoms with van der Waals surface area (Å²) in [5.41, 5.74) is -1.06. The fourth-order valence-corrected chi connectivity index (χ4v) is 1.10. The molecule has 0 spiro atoms. The standard InChI is InChI=1S/C9H7NO6/c1-16-5-2-3-6(8(11)9(12)13)7(4-5)10(14)15/h2-4H,1H3,(H,12,13). The number of methoxy groups -OCH3 is 1. The predicted molar refractivity (Wildman–Crippen MR) is 51.6 cm³/mol. The van der Waals surface area contributed by atoms with Gasteiger partial charge in [-0.2, -0.15) is 0 Å². The van der Waals surface area contributed by atoms with Crippen LogP contribution in [0, 0.1) is 10.1 Å². The van der Waals surface area contributed by atoms with Crippen LogP contribution in [0.2, 0.25) is 0 Å². The topological polar surface area (TPSA) is 107 Å². The SMILES string of the molecule is COc1ccc(C(=O)C(=O)O)c([N+](=O)[O-])c1. The first-order valence-corrected chi connectivity index (χ1v) is 4.07. The Morgan fingerprint density at radius 1 is 1.44 bits per heavy atom. The molecule has 7 nitrogen and oxygen atoms in total.